The minimum atomic E-state index is -0.00643. The van der Waals surface area contributed by atoms with Crippen LogP contribution in [0.1, 0.15) is 73.7 Å². The van der Waals surface area contributed by atoms with Gasteiger partial charge in [-0.25, -0.2) is 0 Å². The summed E-state index contributed by atoms with van der Waals surface area (Å²) in [4.78, 5) is 24.9. The van der Waals surface area contributed by atoms with Gasteiger partial charge in [-0.15, -0.1) is 12.4 Å². The van der Waals surface area contributed by atoms with E-state index in [9.17, 15) is 9.59 Å². The van der Waals surface area contributed by atoms with Gasteiger partial charge < -0.3 is 16.0 Å². The lowest BCUT2D eigenvalue weighted by Gasteiger charge is -2.28. The monoisotopic (exact) mass is 405 g/mol. The van der Waals surface area contributed by atoms with Crippen LogP contribution < -0.4 is 16.0 Å². The van der Waals surface area contributed by atoms with E-state index in [4.69, 9.17) is 0 Å². The Kier molecular flexibility index (Phi) is 7.00. The number of nitrogens with one attached hydrogen (secondary N) is 3. The molecule has 154 valence electrons. The van der Waals surface area contributed by atoms with Crippen molar-refractivity contribution in [3.63, 3.8) is 0 Å². The number of hydrogen-bond donors (Lipinski definition) is 3. The Morgan fingerprint density at radius 1 is 1.07 bits per heavy atom. The normalized spacial score (nSPS) is 26.5. The van der Waals surface area contributed by atoms with Gasteiger partial charge in [-0.05, 0) is 75.1 Å². The largest absolute Gasteiger partial charge is 0.349 e. The smallest absolute Gasteiger partial charge is 0.251 e. The lowest BCUT2D eigenvalue weighted by Crippen LogP contribution is -2.39. The fourth-order valence-corrected chi connectivity index (χ4v) is 5.09. The molecule has 4 rings (SSSR count). The molecule has 3 fully saturated rings. The third-order valence-corrected chi connectivity index (χ3v) is 6.50. The quantitative estimate of drug-likeness (QED) is 0.694. The standard InChI is InChI=1S/C22H31N3O2.ClH/c1-14-10-16(22(27)24-17-4-2-3-5-17)6-9-20(14)25-21(26)13-15-11-18-7-8-19(12-15)23-18;/h6,9-10,15,17-19,23H,2-5,7-8,11-13H2,1H3,(H,24,27)(H,25,26);1H. The van der Waals surface area contributed by atoms with Crippen LogP contribution in [0.25, 0.3) is 0 Å². The maximum absolute atomic E-state index is 12.5. The number of anilines is 1. The molecule has 28 heavy (non-hydrogen) atoms. The van der Waals surface area contributed by atoms with Crippen LogP contribution in [0.4, 0.5) is 5.69 Å². The van der Waals surface area contributed by atoms with Crippen LogP contribution in [-0.4, -0.2) is 29.9 Å². The van der Waals surface area contributed by atoms with Gasteiger partial charge in [0.2, 0.25) is 5.91 Å². The van der Waals surface area contributed by atoms with Crippen molar-refractivity contribution in [1.82, 2.24) is 10.6 Å². The number of aryl methyl sites for hydroxylation is 1. The van der Waals surface area contributed by atoms with Crippen LogP contribution in [0.15, 0.2) is 18.2 Å². The lowest BCUT2D eigenvalue weighted by atomic mass is 9.89. The van der Waals surface area contributed by atoms with Crippen molar-refractivity contribution in [1.29, 1.82) is 0 Å². The van der Waals surface area contributed by atoms with Gasteiger partial charge in [0.15, 0.2) is 0 Å². The van der Waals surface area contributed by atoms with E-state index in [1.807, 2.05) is 25.1 Å². The van der Waals surface area contributed by atoms with Gasteiger partial charge in [0.25, 0.3) is 5.91 Å². The van der Waals surface area contributed by atoms with Crippen molar-refractivity contribution >= 4 is 29.9 Å². The maximum Gasteiger partial charge on any atom is 0.251 e. The number of fused-ring (bicyclic) bond motifs is 2. The summed E-state index contributed by atoms with van der Waals surface area (Å²) < 4.78 is 0. The van der Waals surface area contributed by atoms with Crippen LogP contribution in [-0.2, 0) is 4.79 Å². The van der Waals surface area contributed by atoms with Gasteiger partial charge in [0.05, 0.1) is 0 Å². The second-order valence-corrected chi connectivity index (χ2v) is 8.71. The SMILES string of the molecule is Cc1cc(C(=O)NC2CCCC2)ccc1NC(=O)CC1CC2CCC(C1)N2.Cl. The van der Waals surface area contributed by atoms with Crippen molar-refractivity contribution in [3.05, 3.63) is 29.3 Å². The first-order valence-electron chi connectivity index (χ1n) is 10.5. The molecule has 2 amide bonds. The molecule has 0 radical (unpaired) electrons. The lowest BCUT2D eigenvalue weighted by molar-refractivity contribution is -0.117. The highest BCUT2D eigenvalue weighted by atomic mass is 35.5. The Balaban J connectivity index is 0.00000225. The van der Waals surface area contributed by atoms with E-state index in [-0.39, 0.29) is 24.2 Å². The van der Waals surface area contributed by atoms with E-state index in [1.165, 1.54) is 25.7 Å². The topological polar surface area (TPSA) is 70.2 Å². The van der Waals surface area contributed by atoms with Crippen LogP contribution in [0.3, 0.4) is 0 Å². The van der Waals surface area contributed by atoms with Crippen LogP contribution in [0.2, 0.25) is 0 Å². The van der Waals surface area contributed by atoms with Crippen molar-refractivity contribution in [2.75, 3.05) is 5.32 Å². The fourth-order valence-electron chi connectivity index (χ4n) is 5.09. The maximum atomic E-state index is 12.5. The molecule has 0 spiro atoms. The van der Waals surface area contributed by atoms with Crippen molar-refractivity contribution in [3.8, 4) is 0 Å². The van der Waals surface area contributed by atoms with Crippen LogP contribution in [0, 0.1) is 12.8 Å². The van der Waals surface area contributed by atoms with Crippen LogP contribution >= 0.6 is 12.4 Å². The summed E-state index contributed by atoms with van der Waals surface area (Å²) in [7, 11) is 0. The molecule has 1 saturated carbocycles. The Hall–Kier alpha value is -1.59. The van der Waals surface area contributed by atoms with E-state index in [0.29, 0.717) is 36.0 Å². The number of carbonyl (C=O) groups is 2. The molecule has 3 N–H and O–H groups in total. The first kappa shape index (κ1) is 21.1. The number of halogens is 1. The van der Waals surface area contributed by atoms with Gasteiger partial charge in [-0.2, -0.15) is 0 Å². The van der Waals surface area contributed by atoms with E-state index >= 15 is 0 Å². The van der Waals surface area contributed by atoms with E-state index in [1.54, 1.807) is 0 Å². The summed E-state index contributed by atoms with van der Waals surface area (Å²) in [6.45, 7) is 1.95. The summed E-state index contributed by atoms with van der Waals surface area (Å²) in [5, 5.41) is 9.80. The number of benzene rings is 1. The number of piperidine rings is 1. The van der Waals surface area contributed by atoms with Gasteiger partial charge in [-0.1, -0.05) is 12.8 Å². The molecule has 2 aliphatic heterocycles. The molecule has 2 saturated heterocycles. The number of hydrogen-bond acceptors (Lipinski definition) is 3. The van der Waals surface area contributed by atoms with Gasteiger partial charge in [-0.3, -0.25) is 9.59 Å². The molecule has 2 bridgehead atoms. The molecule has 1 aliphatic carbocycles. The Morgan fingerprint density at radius 3 is 2.39 bits per heavy atom. The molecule has 2 heterocycles. The fraction of sp³-hybridized carbons (Fsp3) is 0.636. The van der Waals surface area contributed by atoms with Gasteiger partial charge in [0, 0.05) is 35.8 Å². The predicted octanol–water partition coefficient (Wildman–Crippen LogP) is 3.95. The zero-order valence-corrected chi connectivity index (χ0v) is 17.4. The second-order valence-electron chi connectivity index (χ2n) is 8.71. The third kappa shape index (κ3) is 5.06. The highest BCUT2D eigenvalue weighted by Crippen LogP contribution is 2.33. The summed E-state index contributed by atoms with van der Waals surface area (Å²) in [5.41, 5.74) is 2.43. The zero-order chi connectivity index (χ0) is 18.8. The molecule has 1 aromatic rings. The van der Waals surface area contributed by atoms with E-state index in [0.717, 1.165) is 36.9 Å². The summed E-state index contributed by atoms with van der Waals surface area (Å²) >= 11 is 0. The summed E-state index contributed by atoms with van der Waals surface area (Å²) in [5.74, 6) is 0.570. The Labute approximate surface area is 173 Å². The number of carbonyl (C=O) groups excluding carboxylic acids is 2. The van der Waals surface area contributed by atoms with Gasteiger partial charge >= 0.3 is 0 Å². The van der Waals surface area contributed by atoms with E-state index < -0.39 is 0 Å². The molecule has 2 atom stereocenters. The average molecular weight is 406 g/mol. The number of amides is 2. The predicted molar refractivity (Wildman–Crippen MR) is 114 cm³/mol. The van der Waals surface area contributed by atoms with Crippen molar-refractivity contribution in [2.24, 2.45) is 5.92 Å². The first-order chi connectivity index (χ1) is 13.1. The van der Waals surface area contributed by atoms with Crippen molar-refractivity contribution < 1.29 is 9.59 Å². The number of rotatable bonds is 5. The molecule has 1 aromatic carbocycles. The molecular weight excluding hydrogens is 374 g/mol. The summed E-state index contributed by atoms with van der Waals surface area (Å²) in [6, 6.07) is 7.10. The minimum Gasteiger partial charge on any atom is -0.349 e. The second kappa shape index (κ2) is 9.27. The molecule has 6 heteroatoms. The average Bonchev–Trinajstić information content (AvgIpc) is 3.26. The minimum absolute atomic E-state index is 0. The third-order valence-electron chi connectivity index (χ3n) is 6.50. The highest BCUT2D eigenvalue weighted by Gasteiger charge is 2.34. The molecule has 3 aliphatic rings. The molecule has 0 aromatic heterocycles. The highest BCUT2D eigenvalue weighted by molar-refractivity contribution is 5.96. The molecular formula is C22H32ClN3O2. The Morgan fingerprint density at radius 2 is 1.75 bits per heavy atom. The molecule has 5 nitrogen and oxygen atoms in total. The molecule has 2 unspecified atom stereocenters. The summed E-state index contributed by atoms with van der Waals surface area (Å²) in [6.07, 6.45) is 9.90. The zero-order valence-electron chi connectivity index (χ0n) is 16.6. The van der Waals surface area contributed by atoms with Crippen LogP contribution in [0.5, 0.6) is 0 Å². The first-order valence-corrected chi connectivity index (χ1v) is 10.5. The Bertz CT molecular complexity index is 706. The van der Waals surface area contributed by atoms with Crippen molar-refractivity contribution in [2.45, 2.75) is 82.8 Å². The van der Waals surface area contributed by atoms with Gasteiger partial charge in [0.1, 0.15) is 0 Å². The van der Waals surface area contributed by atoms with E-state index in [2.05, 4.69) is 16.0 Å².